The molecule has 5 N–H and O–H groups in total. The molecule has 0 aromatic carbocycles. The summed E-state index contributed by atoms with van der Waals surface area (Å²) >= 11 is 1.38. The number of nitrogens with zero attached hydrogens (tertiary/aromatic N) is 2. The Morgan fingerprint density at radius 2 is 1.79 bits per heavy atom. The maximum absolute atomic E-state index is 13.5. The third-order valence-electron chi connectivity index (χ3n) is 8.29. The fourth-order valence-electron chi connectivity index (χ4n) is 6.26. The maximum atomic E-state index is 13.5. The Morgan fingerprint density at radius 1 is 1.13 bits per heavy atom. The Morgan fingerprint density at radius 3 is 2.36 bits per heavy atom. The van der Waals surface area contributed by atoms with Crippen molar-refractivity contribution in [2.75, 3.05) is 19.6 Å². The number of hydrogen-bond donors (Lipinski definition) is 4. The molecule has 3 amide bonds. The minimum absolute atomic E-state index is 0. The van der Waals surface area contributed by atoms with Crippen LogP contribution < -0.4 is 67.3 Å². The first kappa shape index (κ1) is 46.0. The summed E-state index contributed by atoms with van der Waals surface area (Å²) < 4.78 is 0. The fourth-order valence-corrected chi connectivity index (χ4v) is 6.85. The molecule has 1 saturated carbocycles. The second kappa shape index (κ2) is 23.4. The first-order valence-electron chi connectivity index (χ1n) is 17.0. The first-order chi connectivity index (χ1) is 21.4. The van der Waals surface area contributed by atoms with Crippen LogP contribution >= 0.6 is 11.3 Å². The summed E-state index contributed by atoms with van der Waals surface area (Å²) in [4.78, 5) is 45.4. The molecule has 1 aromatic rings. The quantitative estimate of drug-likeness (QED) is 0.182. The Balaban J connectivity index is 0.00000519. The number of carbonyl (C=O) groups is 3. The van der Waals surface area contributed by atoms with Gasteiger partial charge in [0.25, 0.3) is 5.91 Å². The third kappa shape index (κ3) is 16.1. The van der Waals surface area contributed by atoms with E-state index in [2.05, 4.69) is 57.9 Å². The number of rotatable bonds is 13. The molecular weight excluding hydrogens is 642 g/mol. The smallest absolute Gasteiger partial charge is 0.870 e. The number of aliphatic hydroxyl groups is 1. The van der Waals surface area contributed by atoms with Crippen LogP contribution in [0, 0.1) is 18.8 Å². The Labute approximate surface area is 330 Å². The van der Waals surface area contributed by atoms with E-state index < -0.39 is 18.1 Å². The number of hydrogen-bond acceptors (Lipinski definition) is 8. The molecule has 1 saturated heterocycles. The zero-order valence-corrected chi connectivity index (χ0v) is 34.3. The number of carbonyl (C=O) groups excluding carboxylic acids is 3. The van der Waals surface area contributed by atoms with Gasteiger partial charge >= 0.3 is 51.4 Å². The van der Waals surface area contributed by atoms with Gasteiger partial charge in [-0.2, -0.15) is 0 Å². The summed E-state index contributed by atoms with van der Waals surface area (Å²) in [5.74, 6) is 0.253. The fraction of sp³-hybridized carbons (Fsp3) is 0.714. The van der Waals surface area contributed by atoms with Crippen LogP contribution in [0.15, 0.2) is 29.2 Å². The number of allylic oxidation sites excluding steroid dienone is 3. The van der Waals surface area contributed by atoms with Gasteiger partial charge in [-0.25, -0.2) is 4.98 Å². The van der Waals surface area contributed by atoms with Crippen molar-refractivity contribution in [1.82, 2.24) is 25.8 Å². The molecule has 2 aliphatic rings. The van der Waals surface area contributed by atoms with E-state index in [1.165, 1.54) is 24.2 Å². The van der Waals surface area contributed by atoms with Crippen molar-refractivity contribution >= 4 is 29.1 Å². The van der Waals surface area contributed by atoms with Gasteiger partial charge in [-0.1, -0.05) is 70.8 Å². The average molecular weight is 702 g/mol. The number of aromatic nitrogens is 1. The van der Waals surface area contributed by atoms with Crippen molar-refractivity contribution in [3.05, 3.63) is 39.9 Å². The molecule has 1 aliphatic carbocycles. The summed E-state index contributed by atoms with van der Waals surface area (Å²) in [7, 11) is 0. The van der Waals surface area contributed by atoms with Crippen molar-refractivity contribution in [2.45, 2.75) is 130 Å². The first-order valence-corrected chi connectivity index (χ1v) is 17.9. The molecule has 47 heavy (non-hydrogen) atoms. The van der Waals surface area contributed by atoms with E-state index in [0.29, 0.717) is 18.3 Å². The number of likely N-dealkylation sites (tertiary alicyclic amines) is 1. The SMILES string of the molecule is CC.CC/C=C\C(=C/CC)CC(NC(=O)CNC(=O)c1csc(C)n1)C(O)CN1CC2CCCCC2CC1C(=O)NC(C)(C)C.[K+].[OH-]. The normalized spacial score (nSPS) is 21.1. The zero-order chi connectivity index (χ0) is 33.6. The van der Waals surface area contributed by atoms with E-state index in [1.54, 1.807) is 5.38 Å². The molecule has 0 radical (unpaired) electrons. The van der Waals surface area contributed by atoms with Crippen LogP contribution in [0.3, 0.4) is 0 Å². The van der Waals surface area contributed by atoms with Crippen LogP contribution in [-0.4, -0.2) is 81.5 Å². The van der Waals surface area contributed by atoms with Crippen molar-refractivity contribution in [1.29, 1.82) is 0 Å². The minimum atomic E-state index is -0.916. The van der Waals surface area contributed by atoms with E-state index in [-0.39, 0.29) is 99.0 Å². The predicted octanol–water partition coefficient (Wildman–Crippen LogP) is 2.37. The number of aryl methyl sites for hydroxylation is 1. The summed E-state index contributed by atoms with van der Waals surface area (Å²) in [5, 5.41) is 23.0. The number of aliphatic hydroxyl groups excluding tert-OH is 1. The van der Waals surface area contributed by atoms with E-state index in [9.17, 15) is 19.5 Å². The molecule has 1 aliphatic heterocycles. The van der Waals surface area contributed by atoms with Crippen LogP contribution in [0.5, 0.6) is 0 Å². The van der Waals surface area contributed by atoms with Crippen molar-refractivity contribution < 1.29 is 76.4 Å². The van der Waals surface area contributed by atoms with E-state index in [1.807, 2.05) is 41.5 Å². The van der Waals surface area contributed by atoms with Gasteiger partial charge in [0.05, 0.1) is 29.7 Å². The second-order valence-corrected chi connectivity index (χ2v) is 14.2. The summed E-state index contributed by atoms with van der Waals surface area (Å²) in [5.41, 5.74) is 0.966. The number of nitrogens with one attached hydrogen (secondary N) is 3. The zero-order valence-electron chi connectivity index (χ0n) is 30.4. The van der Waals surface area contributed by atoms with E-state index >= 15 is 0 Å². The summed E-state index contributed by atoms with van der Waals surface area (Å²) in [6.07, 6.45) is 13.0. The van der Waals surface area contributed by atoms with E-state index in [4.69, 9.17) is 0 Å². The molecule has 2 fully saturated rings. The maximum Gasteiger partial charge on any atom is 1.00 e. The number of fused-ring (bicyclic) bond motifs is 1. The largest absolute Gasteiger partial charge is 1.00 e. The van der Waals surface area contributed by atoms with Gasteiger partial charge in [-0.3, -0.25) is 19.3 Å². The van der Waals surface area contributed by atoms with Gasteiger partial charge in [0.2, 0.25) is 11.8 Å². The number of amides is 3. The van der Waals surface area contributed by atoms with Gasteiger partial charge in [-0.15, -0.1) is 11.3 Å². The van der Waals surface area contributed by atoms with Gasteiger partial charge in [-0.05, 0) is 71.6 Å². The van der Waals surface area contributed by atoms with Crippen molar-refractivity contribution in [3.8, 4) is 0 Å². The molecule has 5 unspecified atom stereocenters. The molecule has 262 valence electrons. The topological polar surface area (TPSA) is 154 Å². The van der Waals surface area contributed by atoms with Crippen LogP contribution in [0.4, 0.5) is 0 Å². The number of β-amino-alcohol motifs (C(OH)–C–C–N with tert-alkyl or cyclic N) is 1. The molecule has 1 aromatic heterocycles. The molecular formula is C35H60KN5O5S. The Bertz CT molecular complexity index is 1150. The van der Waals surface area contributed by atoms with Crippen LogP contribution in [-0.2, 0) is 9.59 Å². The van der Waals surface area contributed by atoms with Gasteiger partial charge in [0.1, 0.15) is 5.69 Å². The molecule has 12 heteroatoms. The van der Waals surface area contributed by atoms with Crippen LogP contribution in [0.1, 0.15) is 115 Å². The van der Waals surface area contributed by atoms with E-state index in [0.717, 1.165) is 49.2 Å². The van der Waals surface area contributed by atoms with Crippen molar-refractivity contribution in [2.24, 2.45) is 11.8 Å². The predicted molar refractivity (Wildman–Crippen MR) is 186 cm³/mol. The molecule has 2 heterocycles. The third-order valence-corrected chi connectivity index (χ3v) is 9.06. The average Bonchev–Trinajstić information content (AvgIpc) is 3.44. The van der Waals surface area contributed by atoms with Crippen LogP contribution in [0.2, 0.25) is 0 Å². The molecule has 5 atom stereocenters. The van der Waals surface area contributed by atoms with Crippen LogP contribution in [0.25, 0.3) is 0 Å². The molecule has 3 rings (SSSR count). The van der Waals surface area contributed by atoms with Gasteiger partial charge < -0.3 is 26.5 Å². The standard InChI is InChI=1S/C33H53N5O4S.C2H6.K.H2O/c1-7-9-13-23(12-8-2)16-26(36-30(40)18-34-31(41)27-21-43-22(3)35-27)29(39)20-38-19-25-15-11-10-14-24(25)17-28(38)32(42)37-33(4,5)6;1-2;;/h9,12-13,21,24-26,28-29,39H,7-8,10-11,14-20H2,1-6H3,(H,34,41)(H,36,40)(H,37,42);1-2H3;;1H2/q;;+1;/p-1/b13-9-,23-12+;;;. The molecule has 0 bridgehead atoms. The molecule has 10 nitrogen and oxygen atoms in total. The minimum Gasteiger partial charge on any atom is -0.870 e. The van der Waals surface area contributed by atoms with Gasteiger partial charge in [0, 0.05) is 24.0 Å². The monoisotopic (exact) mass is 701 g/mol. The summed E-state index contributed by atoms with van der Waals surface area (Å²) in [6.45, 7) is 16.7. The van der Waals surface area contributed by atoms with Gasteiger partial charge in [0.15, 0.2) is 0 Å². The Hall–Kier alpha value is -0.964. The number of thiazole rings is 1. The summed E-state index contributed by atoms with van der Waals surface area (Å²) in [6, 6.07) is -0.920. The number of piperidine rings is 1. The Kier molecular flexibility index (Phi) is 23.0. The second-order valence-electron chi connectivity index (χ2n) is 13.1. The van der Waals surface area contributed by atoms with Crippen molar-refractivity contribution in [3.63, 3.8) is 0 Å². The molecule has 0 spiro atoms.